The number of rotatable bonds is 8. The van der Waals surface area contributed by atoms with Crippen LogP contribution in [0.5, 0.6) is 5.75 Å². The predicted molar refractivity (Wildman–Crippen MR) is 102 cm³/mol. The number of hydrogen-bond donors (Lipinski definition) is 1. The molecule has 2 amide bonds. The van der Waals surface area contributed by atoms with Crippen molar-refractivity contribution in [3.8, 4) is 5.75 Å². The molecule has 5 nitrogen and oxygen atoms in total. The molecule has 1 N–H and O–H groups in total. The number of ether oxygens (including phenoxy) is 1. The summed E-state index contributed by atoms with van der Waals surface area (Å²) in [6.07, 6.45) is -0.792. The van der Waals surface area contributed by atoms with Gasteiger partial charge in [-0.3, -0.25) is 9.59 Å². The smallest absolute Gasteiger partial charge is 0.263 e. The second kappa shape index (κ2) is 9.92. The van der Waals surface area contributed by atoms with Gasteiger partial charge in [0.1, 0.15) is 11.6 Å². The van der Waals surface area contributed by atoms with Gasteiger partial charge in [0.05, 0.1) is 6.54 Å². The van der Waals surface area contributed by atoms with Crippen LogP contribution in [0.15, 0.2) is 48.5 Å². The van der Waals surface area contributed by atoms with Gasteiger partial charge in [0.25, 0.3) is 5.91 Å². The monoisotopic (exact) mass is 392 g/mol. The number of likely N-dealkylation sites (N-methyl/N-ethyl adjacent to an activating group) is 1. The van der Waals surface area contributed by atoms with Gasteiger partial charge < -0.3 is 15.0 Å². The Hall–Kier alpha value is -2.60. The van der Waals surface area contributed by atoms with Crippen molar-refractivity contribution in [3.05, 3.63) is 64.9 Å². The lowest BCUT2D eigenvalue weighted by Gasteiger charge is -2.24. The van der Waals surface area contributed by atoms with Gasteiger partial charge in [-0.2, -0.15) is 0 Å². The molecule has 7 heteroatoms. The summed E-state index contributed by atoms with van der Waals surface area (Å²) in [5, 5.41) is 3.40. The average Bonchev–Trinajstić information content (AvgIpc) is 2.66. The molecule has 2 aromatic rings. The Morgan fingerprint density at radius 3 is 2.37 bits per heavy atom. The third-order valence-electron chi connectivity index (χ3n) is 3.91. The molecule has 0 aromatic heterocycles. The Morgan fingerprint density at radius 2 is 1.78 bits per heavy atom. The summed E-state index contributed by atoms with van der Waals surface area (Å²) in [5.74, 6) is -0.577. The summed E-state index contributed by atoms with van der Waals surface area (Å²) in [6.45, 7) is 4.03. The summed E-state index contributed by atoms with van der Waals surface area (Å²) in [5.41, 5.74) is 0.912. The lowest BCUT2D eigenvalue weighted by molar-refractivity contribution is -0.141. The Labute approximate surface area is 163 Å². The molecule has 0 saturated carbocycles. The predicted octanol–water partition coefficient (Wildman–Crippen LogP) is 3.41. The molecule has 144 valence electrons. The molecule has 0 fully saturated rings. The minimum Gasteiger partial charge on any atom is -0.481 e. The van der Waals surface area contributed by atoms with Crippen molar-refractivity contribution in [1.29, 1.82) is 0 Å². The highest BCUT2D eigenvalue weighted by atomic mass is 35.5. The lowest BCUT2D eigenvalue weighted by Crippen LogP contribution is -2.45. The van der Waals surface area contributed by atoms with E-state index in [4.69, 9.17) is 16.3 Å². The van der Waals surface area contributed by atoms with Gasteiger partial charge in [-0.05, 0) is 55.8 Å². The molecule has 0 heterocycles. The van der Waals surface area contributed by atoms with Gasteiger partial charge in [-0.25, -0.2) is 4.39 Å². The number of carbonyl (C=O) groups excluding carboxylic acids is 2. The van der Waals surface area contributed by atoms with Gasteiger partial charge in [-0.15, -0.1) is 0 Å². The standard InChI is InChI=1S/C20H22ClFN2O3/c1-3-24(13-19(25)23-12-15-4-6-16(21)7-5-15)20(26)14(2)27-18-10-8-17(22)9-11-18/h4-11,14H,3,12-13H2,1-2H3,(H,23,25)/t14-/m0/s1. The van der Waals surface area contributed by atoms with Crippen LogP contribution >= 0.6 is 11.6 Å². The van der Waals surface area contributed by atoms with Gasteiger partial charge in [0.15, 0.2) is 6.10 Å². The molecule has 2 rings (SSSR count). The minimum atomic E-state index is -0.792. The normalized spacial score (nSPS) is 11.6. The number of carbonyl (C=O) groups is 2. The average molecular weight is 393 g/mol. The number of benzene rings is 2. The van der Waals surface area contributed by atoms with E-state index in [0.29, 0.717) is 23.9 Å². The van der Waals surface area contributed by atoms with Crippen LogP contribution in [0.3, 0.4) is 0 Å². The van der Waals surface area contributed by atoms with E-state index in [1.54, 1.807) is 26.0 Å². The van der Waals surface area contributed by atoms with Crippen LogP contribution in [0.4, 0.5) is 4.39 Å². The van der Waals surface area contributed by atoms with Crippen LogP contribution < -0.4 is 10.1 Å². The second-order valence-corrected chi connectivity index (χ2v) is 6.41. The van der Waals surface area contributed by atoms with Crippen LogP contribution in [-0.4, -0.2) is 35.9 Å². The molecule has 0 unspecified atom stereocenters. The summed E-state index contributed by atoms with van der Waals surface area (Å²) >= 11 is 5.83. The van der Waals surface area contributed by atoms with E-state index in [0.717, 1.165) is 5.56 Å². The van der Waals surface area contributed by atoms with Crippen LogP contribution in [0, 0.1) is 5.82 Å². The number of halogens is 2. The van der Waals surface area contributed by atoms with Crippen molar-refractivity contribution in [2.75, 3.05) is 13.1 Å². The Bertz CT molecular complexity index is 766. The highest BCUT2D eigenvalue weighted by Gasteiger charge is 2.23. The number of amides is 2. The number of hydrogen-bond acceptors (Lipinski definition) is 3. The lowest BCUT2D eigenvalue weighted by atomic mass is 10.2. The third-order valence-corrected chi connectivity index (χ3v) is 4.16. The number of nitrogens with zero attached hydrogens (tertiary/aromatic N) is 1. The van der Waals surface area contributed by atoms with Crippen LogP contribution in [-0.2, 0) is 16.1 Å². The molecule has 0 aliphatic heterocycles. The first-order chi connectivity index (χ1) is 12.9. The van der Waals surface area contributed by atoms with Gasteiger partial charge in [-0.1, -0.05) is 23.7 Å². The van der Waals surface area contributed by atoms with Crippen molar-refractivity contribution < 1.29 is 18.7 Å². The zero-order valence-electron chi connectivity index (χ0n) is 15.2. The molecule has 0 spiro atoms. The van der Waals surface area contributed by atoms with Crippen molar-refractivity contribution in [1.82, 2.24) is 10.2 Å². The fourth-order valence-corrected chi connectivity index (χ4v) is 2.53. The van der Waals surface area contributed by atoms with Crippen LogP contribution in [0.2, 0.25) is 5.02 Å². The topological polar surface area (TPSA) is 58.6 Å². The van der Waals surface area contributed by atoms with Gasteiger partial charge in [0, 0.05) is 18.1 Å². The molecule has 0 aliphatic rings. The maximum absolute atomic E-state index is 12.9. The zero-order chi connectivity index (χ0) is 19.8. The highest BCUT2D eigenvalue weighted by molar-refractivity contribution is 6.30. The van der Waals surface area contributed by atoms with E-state index >= 15 is 0 Å². The number of nitrogens with one attached hydrogen (secondary N) is 1. The van der Waals surface area contributed by atoms with E-state index in [1.807, 2.05) is 12.1 Å². The maximum Gasteiger partial charge on any atom is 0.263 e. The summed E-state index contributed by atoms with van der Waals surface area (Å²) in [7, 11) is 0. The SMILES string of the molecule is CCN(CC(=O)NCc1ccc(Cl)cc1)C(=O)[C@H](C)Oc1ccc(F)cc1. The minimum absolute atomic E-state index is 0.0694. The fourth-order valence-electron chi connectivity index (χ4n) is 2.40. The van der Waals surface area contributed by atoms with Crippen molar-refractivity contribution in [3.63, 3.8) is 0 Å². The molecular weight excluding hydrogens is 371 g/mol. The molecular formula is C20H22ClFN2O3. The van der Waals surface area contributed by atoms with Crippen LogP contribution in [0.1, 0.15) is 19.4 Å². The molecule has 27 heavy (non-hydrogen) atoms. The first-order valence-corrected chi connectivity index (χ1v) is 8.99. The van der Waals surface area contributed by atoms with Crippen LogP contribution in [0.25, 0.3) is 0 Å². The Kier molecular flexibility index (Phi) is 7.61. The molecule has 0 aliphatic carbocycles. The first kappa shape index (κ1) is 20.7. The molecule has 0 saturated heterocycles. The fraction of sp³-hybridized carbons (Fsp3) is 0.300. The van der Waals surface area contributed by atoms with E-state index < -0.39 is 6.10 Å². The quantitative estimate of drug-likeness (QED) is 0.749. The van der Waals surface area contributed by atoms with E-state index in [1.165, 1.54) is 29.2 Å². The molecule has 2 aromatic carbocycles. The van der Waals surface area contributed by atoms with Crippen molar-refractivity contribution in [2.45, 2.75) is 26.5 Å². The van der Waals surface area contributed by atoms with Crippen molar-refractivity contribution >= 4 is 23.4 Å². The van der Waals surface area contributed by atoms with Gasteiger partial charge >= 0.3 is 0 Å². The maximum atomic E-state index is 12.9. The highest BCUT2D eigenvalue weighted by Crippen LogP contribution is 2.14. The van der Waals surface area contributed by atoms with E-state index in [2.05, 4.69) is 5.32 Å². The molecule has 0 bridgehead atoms. The summed E-state index contributed by atoms with van der Waals surface area (Å²) in [6, 6.07) is 12.6. The Morgan fingerprint density at radius 1 is 1.15 bits per heavy atom. The molecule has 0 radical (unpaired) electrons. The van der Waals surface area contributed by atoms with Gasteiger partial charge in [0.2, 0.25) is 5.91 Å². The summed E-state index contributed by atoms with van der Waals surface area (Å²) < 4.78 is 18.5. The van der Waals surface area contributed by atoms with E-state index in [9.17, 15) is 14.0 Å². The van der Waals surface area contributed by atoms with Crippen molar-refractivity contribution in [2.24, 2.45) is 0 Å². The largest absolute Gasteiger partial charge is 0.481 e. The van der Waals surface area contributed by atoms with E-state index in [-0.39, 0.29) is 24.2 Å². The second-order valence-electron chi connectivity index (χ2n) is 5.97. The first-order valence-electron chi connectivity index (χ1n) is 8.61. The zero-order valence-corrected chi connectivity index (χ0v) is 16.0. The summed E-state index contributed by atoms with van der Waals surface area (Å²) in [4.78, 5) is 26.1. The third kappa shape index (κ3) is 6.57. The molecule has 1 atom stereocenters. The Balaban J connectivity index is 1.86.